The summed E-state index contributed by atoms with van der Waals surface area (Å²) in [5, 5.41) is 1.23. The summed E-state index contributed by atoms with van der Waals surface area (Å²) in [6.07, 6.45) is 2.81. The van der Waals surface area contributed by atoms with Crippen molar-refractivity contribution in [3.63, 3.8) is 0 Å². The maximum atomic E-state index is 5.49. The van der Waals surface area contributed by atoms with E-state index in [9.17, 15) is 0 Å². The van der Waals surface area contributed by atoms with Gasteiger partial charge in [-0.05, 0) is 50.1 Å². The van der Waals surface area contributed by atoms with E-state index in [-0.39, 0.29) is 0 Å². The maximum Gasteiger partial charge on any atom is 0.0705 e. The molecule has 1 saturated heterocycles. The van der Waals surface area contributed by atoms with Crippen molar-refractivity contribution in [2.24, 2.45) is 0 Å². The van der Waals surface area contributed by atoms with Gasteiger partial charge in [-0.2, -0.15) is 0 Å². The minimum absolute atomic E-state index is 0.397. The Morgan fingerprint density at radius 1 is 1.30 bits per heavy atom. The Bertz CT molecular complexity index is 597. The first-order chi connectivity index (χ1) is 9.74. The molecule has 1 aliphatic rings. The fourth-order valence-corrected chi connectivity index (χ4v) is 2.98. The van der Waals surface area contributed by atoms with Gasteiger partial charge in [0, 0.05) is 31.3 Å². The Kier molecular flexibility index (Phi) is 3.99. The van der Waals surface area contributed by atoms with Gasteiger partial charge in [0.15, 0.2) is 0 Å². The first-order valence-electron chi connectivity index (χ1n) is 7.36. The molecule has 2 aromatic rings. The quantitative estimate of drug-likeness (QED) is 0.856. The Morgan fingerprint density at radius 3 is 3.05 bits per heavy atom. The van der Waals surface area contributed by atoms with Gasteiger partial charge in [-0.1, -0.05) is 12.1 Å². The molecular weight excluding hydrogens is 248 g/mol. The zero-order valence-corrected chi connectivity index (χ0v) is 12.3. The van der Waals surface area contributed by atoms with Crippen LogP contribution in [0.1, 0.15) is 24.1 Å². The molecule has 1 unspecified atom stereocenters. The van der Waals surface area contributed by atoms with E-state index in [1.54, 1.807) is 0 Å². The largest absolute Gasteiger partial charge is 0.380 e. The standard InChI is InChI=1S/C17H22N2O/c1-13-5-7-15-10-14(6-8-17(15)18-13)11-19-9-3-4-16(12-19)20-2/h5-8,10,16H,3-4,9,11-12H2,1-2H3. The normalized spacial score (nSPS) is 20.4. The lowest BCUT2D eigenvalue weighted by molar-refractivity contribution is 0.0286. The number of hydrogen-bond donors (Lipinski definition) is 0. The van der Waals surface area contributed by atoms with Crippen LogP contribution >= 0.6 is 0 Å². The van der Waals surface area contributed by atoms with Crippen LogP contribution in [0.15, 0.2) is 30.3 Å². The molecule has 1 aliphatic heterocycles. The van der Waals surface area contributed by atoms with Gasteiger partial charge in [0.25, 0.3) is 0 Å². The molecule has 3 heteroatoms. The van der Waals surface area contributed by atoms with Crippen LogP contribution in [0.3, 0.4) is 0 Å². The van der Waals surface area contributed by atoms with Gasteiger partial charge in [-0.15, -0.1) is 0 Å². The summed E-state index contributed by atoms with van der Waals surface area (Å²) in [7, 11) is 1.82. The number of methoxy groups -OCH3 is 1. The molecule has 2 heterocycles. The van der Waals surface area contributed by atoms with E-state index in [1.165, 1.54) is 30.3 Å². The Labute approximate surface area is 120 Å². The summed E-state index contributed by atoms with van der Waals surface area (Å²) in [4.78, 5) is 7.04. The minimum Gasteiger partial charge on any atom is -0.380 e. The second kappa shape index (κ2) is 5.90. The summed E-state index contributed by atoms with van der Waals surface area (Å²) >= 11 is 0. The van der Waals surface area contributed by atoms with Crippen molar-refractivity contribution in [1.29, 1.82) is 0 Å². The number of piperidine rings is 1. The molecule has 0 aliphatic carbocycles. The van der Waals surface area contributed by atoms with E-state index in [0.29, 0.717) is 6.10 Å². The fraction of sp³-hybridized carbons (Fsp3) is 0.471. The number of hydrogen-bond acceptors (Lipinski definition) is 3. The SMILES string of the molecule is COC1CCCN(Cc2ccc3nc(C)ccc3c2)C1. The number of ether oxygens (including phenoxy) is 1. The third-order valence-electron chi connectivity index (χ3n) is 4.09. The Hall–Kier alpha value is -1.45. The summed E-state index contributed by atoms with van der Waals surface area (Å²) in [5.74, 6) is 0. The molecule has 0 radical (unpaired) electrons. The van der Waals surface area contributed by atoms with Crippen LogP contribution in [0.25, 0.3) is 10.9 Å². The van der Waals surface area contributed by atoms with Crippen LogP contribution in [-0.2, 0) is 11.3 Å². The minimum atomic E-state index is 0.397. The van der Waals surface area contributed by atoms with Crippen LogP contribution < -0.4 is 0 Å². The summed E-state index contributed by atoms with van der Waals surface area (Å²) in [6, 6.07) is 10.8. The molecule has 0 spiro atoms. The molecule has 1 fully saturated rings. The van der Waals surface area contributed by atoms with E-state index < -0.39 is 0 Å². The predicted octanol–water partition coefficient (Wildman–Crippen LogP) is 3.15. The van der Waals surface area contributed by atoms with Gasteiger partial charge >= 0.3 is 0 Å². The molecule has 0 N–H and O–H groups in total. The number of aryl methyl sites for hydroxylation is 1. The lowest BCUT2D eigenvalue weighted by Crippen LogP contribution is -2.38. The van der Waals surface area contributed by atoms with Gasteiger partial charge in [0.1, 0.15) is 0 Å². The van der Waals surface area contributed by atoms with Gasteiger partial charge < -0.3 is 4.74 Å². The molecule has 1 aromatic carbocycles. The first kappa shape index (κ1) is 13.5. The van der Waals surface area contributed by atoms with Crippen LogP contribution in [0.4, 0.5) is 0 Å². The topological polar surface area (TPSA) is 25.4 Å². The number of rotatable bonds is 3. The van der Waals surface area contributed by atoms with Gasteiger partial charge in [-0.3, -0.25) is 9.88 Å². The van der Waals surface area contributed by atoms with Gasteiger partial charge in [-0.25, -0.2) is 0 Å². The molecule has 106 valence electrons. The van der Waals surface area contributed by atoms with E-state index in [4.69, 9.17) is 4.74 Å². The zero-order chi connectivity index (χ0) is 13.9. The summed E-state index contributed by atoms with van der Waals surface area (Å²) in [6.45, 7) is 5.25. The number of fused-ring (bicyclic) bond motifs is 1. The Balaban J connectivity index is 1.75. The van der Waals surface area contributed by atoms with E-state index >= 15 is 0 Å². The highest BCUT2D eigenvalue weighted by Gasteiger charge is 2.19. The Morgan fingerprint density at radius 2 is 2.20 bits per heavy atom. The van der Waals surface area contributed by atoms with Crippen molar-refractivity contribution in [3.05, 3.63) is 41.6 Å². The molecule has 20 heavy (non-hydrogen) atoms. The average molecular weight is 270 g/mol. The van der Waals surface area contributed by atoms with Crippen molar-refractivity contribution < 1.29 is 4.74 Å². The second-order valence-corrected chi connectivity index (χ2v) is 5.71. The number of benzene rings is 1. The molecule has 0 amide bonds. The highest BCUT2D eigenvalue weighted by Crippen LogP contribution is 2.19. The lowest BCUT2D eigenvalue weighted by Gasteiger charge is -2.31. The van der Waals surface area contributed by atoms with E-state index in [2.05, 4.69) is 40.2 Å². The second-order valence-electron chi connectivity index (χ2n) is 5.71. The molecular formula is C17H22N2O. The third kappa shape index (κ3) is 3.00. The van der Waals surface area contributed by atoms with Crippen molar-refractivity contribution in [2.75, 3.05) is 20.2 Å². The third-order valence-corrected chi connectivity index (χ3v) is 4.09. The molecule has 1 aromatic heterocycles. The smallest absolute Gasteiger partial charge is 0.0705 e. The van der Waals surface area contributed by atoms with Crippen LogP contribution in [0.2, 0.25) is 0 Å². The van der Waals surface area contributed by atoms with Crippen molar-refractivity contribution in [3.8, 4) is 0 Å². The zero-order valence-electron chi connectivity index (χ0n) is 12.3. The molecule has 1 atom stereocenters. The molecule has 0 bridgehead atoms. The van der Waals surface area contributed by atoms with Crippen molar-refractivity contribution >= 4 is 10.9 Å². The molecule has 3 rings (SSSR count). The monoisotopic (exact) mass is 270 g/mol. The highest BCUT2D eigenvalue weighted by molar-refractivity contribution is 5.79. The number of likely N-dealkylation sites (tertiary alicyclic amines) is 1. The van der Waals surface area contributed by atoms with E-state index in [0.717, 1.165) is 24.3 Å². The van der Waals surface area contributed by atoms with Crippen molar-refractivity contribution in [1.82, 2.24) is 9.88 Å². The van der Waals surface area contributed by atoms with Crippen LogP contribution in [0.5, 0.6) is 0 Å². The van der Waals surface area contributed by atoms with Crippen LogP contribution in [-0.4, -0.2) is 36.2 Å². The number of aromatic nitrogens is 1. The number of nitrogens with zero attached hydrogens (tertiary/aromatic N) is 2. The summed E-state index contributed by atoms with van der Waals surface area (Å²) < 4.78 is 5.49. The van der Waals surface area contributed by atoms with Gasteiger partial charge in [0.2, 0.25) is 0 Å². The number of pyridine rings is 1. The lowest BCUT2D eigenvalue weighted by atomic mass is 10.1. The maximum absolute atomic E-state index is 5.49. The first-order valence-corrected chi connectivity index (χ1v) is 7.36. The predicted molar refractivity (Wildman–Crippen MR) is 81.8 cm³/mol. The van der Waals surface area contributed by atoms with Gasteiger partial charge in [0.05, 0.1) is 11.6 Å². The average Bonchev–Trinajstić information content (AvgIpc) is 2.47. The molecule has 0 saturated carbocycles. The van der Waals surface area contributed by atoms with Crippen LogP contribution in [0, 0.1) is 6.92 Å². The summed E-state index contributed by atoms with van der Waals surface area (Å²) in [5.41, 5.74) is 3.52. The van der Waals surface area contributed by atoms with E-state index in [1.807, 2.05) is 14.0 Å². The van der Waals surface area contributed by atoms with Crippen molar-refractivity contribution in [2.45, 2.75) is 32.4 Å². The molecule has 3 nitrogen and oxygen atoms in total. The highest BCUT2D eigenvalue weighted by atomic mass is 16.5. The fourth-order valence-electron chi connectivity index (χ4n) is 2.98.